The molecule has 0 unspecified atom stereocenters. The van der Waals surface area contributed by atoms with E-state index < -0.39 is 21.9 Å². The molecule has 0 atom stereocenters. The number of rotatable bonds is 5. The zero-order valence-electron chi connectivity index (χ0n) is 16.0. The van der Waals surface area contributed by atoms with Crippen LogP contribution in [0.2, 0.25) is 0 Å². The summed E-state index contributed by atoms with van der Waals surface area (Å²) in [5.74, 6) is -0.640. The molecule has 1 aliphatic rings. The molecule has 158 valence electrons. The molecular formula is C20H21N3O6S. The molecule has 0 saturated carbocycles. The Morgan fingerprint density at radius 2 is 1.90 bits per heavy atom. The molecule has 1 aliphatic heterocycles. The first kappa shape index (κ1) is 20.2. The van der Waals surface area contributed by atoms with Crippen molar-refractivity contribution in [3.8, 4) is 0 Å². The number of carbonyl (C=O) groups excluding carboxylic acids is 1. The first-order chi connectivity index (χ1) is 14.4. The fraction of sp³-hybridized carbons (Fsp3) is 0.300. The average Bonchev–Trinajstić information content (AvgIpc) is 3.12. The molecular weight excluding hydrogens is 410 g/mol. The van der Waals surface area contributed by atoms with Crippen molar-refractivity contribution >= 4 is 27.2 Å². The summed E-state index contributed by atoms with van der Waals surface area (Å²) in [6.07, 6.45) is 0.538. The second-order valence-corrected chi connectivity index (χ2v) is 8.81. The van der Waals surface area contributed by atoms with E-state index >= 15 is 0 Å². The smallest absolute Gasteiger partial charge is 0.417 e. The second-order valence-electron chi connectivity index (χ2n) is 7.10. The molecule has 0 radical (unpaired) electrons. The molecule has 0 bridgehead atoms. The molecule has 30 heavy (non-hydrogen) atoms. The Kier molecular flexibility index (Phi) is 5.60. The van der Waals surface area contributed by atoms with Gasteiger partial charge in [0.25, 0.3) is 0 Å². The van der Waals surface area contributed by atoms with Crippen LogP contribution in [0.25, 0.3) is 11.1 Å². The Bertz CT molecular complexity index is 1190. The lowest BCUT2D eigenvalue weighted by Crippen LogP contribution is -2.46. The third-order valence-corrected chi connectivity index (χ3v) is 6.50. The maximum atomic E-state index is 12.7. The fourth-order valence-corrected chi connectivity index (χ4v) is 4.69. The number of carbonyl (C=O) groups is 1. The summed E-state index contributed by atoms with van der Waals surface area (Å²) in [6.45, 7) is 0.989. The lowest BCUT2D eigenvalue weighted by atomic mass is 10.1. The van der Waals surface area contributed by atoms with Gasteiger partial charge in [-0.3, -0.25) is 4.98 Å². The predicted molar refractivity (Wildman–Crippen MR) is 108 cm³/mol. The SMILES string of the molecule is O=C(OCc1ccccc1)N1CCC(NS(=O)(=O)c2ccc3[nH]c(=O)oc3c2)CC1. The summed E-state index contributed by atoms with van der Waals surface area (Å²) < 4.78 is 38.3. The third-order valence-electron chi connectivity index (χ3n) is 4.98. The van der Waals surface area contributed by atoms with Gasteiger partial charge in [-0.2, -0.15) is 0 Å². The average molecular weight is 431 g/mol. The number of sulfonamides is 1. The monoisotopic (exact) mass is 431 g/mol. The van der Waals surface area contributed by atoms with Gasteiger partial charge in [-0.1, -0.05) is 30.3 Å². The standard InChI is InChI=1S/C20H21N3O6S/c24-19-21-17-7-6-16(12-18(17)29-19)30(26,27)22-15-8-10-23(11-9-15)20(25)28-13-14-4-2-1-3-5-14/h1-7,12,15,22H,8-11,13H2,(H,21,24). The molecule has 1 saturated heterocycles. The molecule has 1 fully saturated rings. The minimum absolute atomic E-state index is 0.0162. The molecule has 1 aromatic heterocycles. The number of likely N-dealkylation sites (tertiary alicyclic amines) is 1. The van der Waals surface area contributed by atoms with E-state index in [1.807, 2.05) is 30.3 Å². The molecule has 9 nitrogen and oxygen atoms in total. The summed E-state index contributed by atoms with van der Waals surface area (Å²) in [4.78, 5) is 27.5. The van der Waals surface area contributed by atoms with Crippen molar-refractivity contribution in [1.82, 2.24) is 14.6 Å². The fourth-order valence-electron chi connectivity index (χ4n) is 3.37. The van der Waals surface area contributed by atoms with E-state index in [0.29, 0.717) is 31.4 Å². The molecule has 4 rings (SSSR count). The number of oxazole rings is 1. The van der Waals surface area contributed by atoms with Crippen LogP contribution in [0.4, 0.5) is 4.79 Å². The number of H-pyrrole nitrogens is 1. The summed E-state index contributed by atoms with van der Waals surface area (Å²) in [6, 6.07) is 13.3. The van der Waals surface area contributed by atoms with Crippen molar-refractivity contribution in [2.75, 3.05) is 13.1 Å². The van der Waals surface area contributed by atoms with Crippen molar-refractivity contribution in [2.24, 2.45) is 0 Å². The molecule has 3 aromatic rings. The van der Waals surface area contributed by atoms with Crippen molar-refractivity contribution in [3.05, 3.63) is 64.6 Å². The minimum atomic E-state index is -3.79. The van der Waals surface area contributed by atoms with Crippen LogP contribution in [0, 0.1) is 0 Å². The number of benzene rings is 2. The van der Waals surface area contributed by atoms with Crippen LogP contribution in [-0.4, -0.2) is 43.5 Å². The van der Waals surface area contributed by atoms with Gasteiger partial charge < -0.3 is 14.1 Å². The van der Waals surface area contributed by atoms with Gasteiger partial charge in [0.05, 0.1) is 10.4 Å². The van der Waals surface area contributed by atoms with E-state index in [-0.39, 0.29) is 23.1 Å². The largest absolute Gasteiger partial charge is 0.445 e. The van der Waals surface area contributed by atoms with Gasteiger partial charge in [0, 0.05) is 25.2 Å². The summed E-state index contributed by atoms with van der Waals surface area (Å²) in [5.41, 5.74) is 1.52. The van der Waals surface area contributed by atoms with Crippen LogP contribution in [0.3, 0.4) is 0 Å². The number of aromatic amines is 1. The third kappa shape index (κ3) is 4.55. The first-order valence-corrected chi connectivity index (χ1v) is 11.0. The van der Waals surface area contributed by atoms with E-state index in [9.17, 15) is 18.0 Å². The lowest BCUT2D eigenvalue weighted by molar-refractivity contribution is 0.0866. The van der Waals surface area contributed by atoms with Crippen LogP contribution in [-0.2, 0) is 21.4 Å². The van der Waals surface area contributed by atoms with Crippen LogP contribution in [0.15, 0.2) is 62.6 Å². The van der Waals surface area contributed by atoms with Gasteiger partial charge >= 0.3 is 11.8 Å². The number of aromatic nitrogens is 1. The van der Waals surface area contributed by atoms with Gasteiger partial charge in [0.15, 0.2) is 5.58 Å². The Hall–Kier alpha value is -3.11. The number of amides is 1. The highest BCUT2D eigenvalue weighted by Gasteiger charge is 2.27. The van der Waals surface area contributed by atoms with Crippen LogP contribution < -0.4 is 10.5 Å². The Balaban J connectivity index is 1.32. The molecule has 2 N–H and O–H groups in total. The molecule has 2 aromatic carbocycles. The maximum Gasteiger partial charge on any atom is 0.417 e. The van der Waals surface area contributed by atoms with E-state index in [4.69, 9.17) is 9.15 Å². The van der Waals surface area contributed by atoms with Crippen LogP contribution in [0.5, 0.6) is 0 Å². The van der Waals surface area contributed by atoms with Crippen LogP contribution in [0.1, 0.15) is 18.4 Å². The number of piperidine rings is 1. The predicted octanol–water partition coefficient (Wildman–Crippen LogP) is 2.20. The highest BCUT2D eigenvalue weighted by Crippen LogP contribution is 2.19. The zero-order chi connectivity index (χ0) is 21.1. The lowest BCUT2D eigenvalue weighted by Gasteiger charge is -2.31. The van der Waals surface area contributed by atoms with Gasteiger partial charge in [-0.25, -0.2) is 22.7 Å². The van der Waals surface area contributed by atoms with Gasteiger partial charge in [-0.15, -0.1) is 0 Å². The number of fused-ring (bicyclic) bond motifs is 1. The first-order valence-electron chi connectivity index (χ1n) is 9.51. The molecule has 0 aliphatic carbocycles. The Morgan fingerprint density at radius 3 is 2.63 bits per heavy atom. The topological polar surface area (TPSA) is 122 Å². The van der Waals surface area contributed by atoms with E-state index in [0.717, 1.165) is 5.56 Å². The Morgan fingerprint density at radius 1 is 1.17 bits per heavy atom. The van der Waals surface area contributed by atoms with E-state index in [1.54, 1.807) is 4.90 Å². The normalized spacial score (nSPS) is 15.4. The molecule has 10 heteroatoms. The maximum absolute atomic E-state index is 12.7. The summed E-state index contributed by atoms with van der Waals surface area (Å²) >= 11 is 0. The van der Waals surface area contributed by atoms with Crippen molar-refractivity contribution in [1.29, 1.82) is 0 Å². The number of nitrogens with one attached hydrogen (secondary N) is 2. The van der Waals surface area contributed by atoms with Crippen molar-refractivity contribution < 1.29 is 22.4 Å². The molecule has 1 amide bonds. The minimum Gasteiger partial charge on any atom is -0.445 e. The summed E-state index contributed by atoms with van der Waals surface area (Å²) in [7, 11) is -3.79. The van der Waals surface area contributed by atoms with Crippen molar-refractivity contribution in [2.45, 2.75) is 30.4 Å². The Labute approximate surface area is 172 Å². The quantitative estimate of drug-likeness (QED) is 0.639. The highest BCUT2D eigenvalue weighted by atomic mass is 32.2. The van der Waals surface area contributed by atoms with Crippen LogP contribution >= 0.6 is 0 Å². The van der Waals surface area contributed by atoms with Gasteiger partial charge in [-0.05, 0) is 30.5 Å². The van der Waals surface area contributed by atoms with Gasteiger partial charge in [0.2, 0.25) is 10.0 Å². The van der Waals surface area contributed by atoms with Gasteiger partial charge in [0.1, 0.15) is 6.61 Å². The molecule has 0 spiro atoms. The highest BCUT2D eigenvalue weighted by molar-refractivity contribution is 7.89. The van der Waals surface area contributed by atoms with E-state index in [1.165, 1.54) is 18.2 Å². The molecule has 2 heterocycles. The van der Waals surface area contributed by atoms with Crippen molar-refractivity contribution in [3.63, 3.8) is 0 Å². The van der Waals surface area contributed by atoms with E-state index in [2.05, 4.69) is 9.71 Å². The number of hydrogen-bond donors (Lipinski definition) is 2. The number of ether oxygens (including phenoxy) is 1. The number of hydrogen-bond acceptors (Lipinski definition) is 6. The summed E-state index contributed by atoms with van der Waals surface area (Å²) in [5, 5.41) is 0. The second kappa shape index (κ2) is 8.33. The zero-order valence-corrected chi connectivity index (χ0v) is 16.9. The number of nitrogens with zero attached hydrogens (tertiary/aromatic N) is 1.